The molecule has 148 valence electrons. The number of aromatic nitrogens is 4. The van der Waals surface area contributed by atoms with Crippen LogP contribution in [-0.4, -0.2) is 37.9 Å². The molecule has 0 saturated carbocycles. The predicted molar refractivity (Wildman–Crippen MR) is 113 cm³/mol. The van der Waals surface area contributed by atoms with Gasteiger partial charge in [-0.05, 0) is 25.0 Å². The number of fused-ring (bicyclic) bond motifs is 1. The first kappa shape index (κ1) is 18.7. The van der Waals surface area contributed by atoms with Crippen LogP contribution in [0.5, 0.6) is 0 Å². The fourth-order valence-corrected chi connectivity index (χ4v) is 5.10. The zero-order valence-electron chi connectivity index (χ0n) is 16.1. The molecule has 3 aromatic rings. The van der Waals surface area contributed by atoms with Gasteiger partial charge in [-0.15, -0.1) is 11.8 Å². The maximum Gasteiger partial charge on any atom is 0.103 e. The van der Waals surface area contributed by atoms with E-state index in [0.717, 1.165) is 46.6 Å². The molecule has 1 aliphatic carbocycles. The van der Waals surface area contributed by atoms with E-state index in [4.69, 9.17) is 4.74 Å². The van der Waals surface area contributed by atoms with Crippen LogP contribution in [0.25, 0.3) is 16.6 Å². The lowest BCUT2D eigenvalue weighted by Crippen LogP contribution is -2.08. The quantitative estimate of drug-likeness (QED) is 0.643. The summed E-state index contributed by atoms with van der Waals surface area (Å²) in [5.74, 6) is 0. The van der Waals surface area contributed by atoms with Crippen LogP contribution in [0.1, 0.15) is 24.4 Å². The van der Waals surface area contributed by atoms with E-state index in [2.05, 4.69) is 34.5 Å². The van der Waals surface area contributed by atoms with Gasteiger partial charge < -0.3 is 4.74 Å². The highest BCUT2D eigenvalue weighted by molar-refractivity contribution is 8.00. The summed E-state index contributed by atoms with van der Waals surface area (Å²) in [4.78, 5) is 0.931. The number of thioether (sulfide) groups is 1. The summed E-state index contributed by atoms with van der Waals surface area (Å²) in [5, 5.41) is 28.0. The normalized spacial score (nSPS) is 20.8. The second kappa shape index (κ2) is 7.83. The van der Waals surface area contributed by atoms with Gasteiger partial charge in [-0.1, -0.05) is 12.2 Å². The molecule has 3 aromatic heterocycles. The molecule has 2 aliphatic rings. The van der Waals surface area contributed by atoms with Gasteiger partial charge in [0.25, 0.3) is 0 Å². The van der Waals surface area contributed by atoms with Gasteiger partial charge in [0.1, 0.15) is 6.07 Å². The van der Waals surface area contributed by atoms with Crippen LogP contribution in [0, 0.1) is 22.7 Å². The molecule has 5 rings (SSSR count). The lowest BCUT2D eigenvalue weighted by molar-refractivity contribution is 0.184. The number of nitrogens with zero attached hydrogens (tertiary/aromatic N) is 6. The summed E-state index contributed by atoms with van der Waals surface area (Å²) in [6.07, 6.45) is 15.0. The zero-order valence-corrected chi connectivity index (χ0v) is 16.9. The third kappa shape index (κ3) is 3.30. The highest BCUT2D eigenvalue weighted by atomic mass is 32.2. The van der Waals surface area contributed by atoms with Gasteiger partial charge in [-0.25, -0.2) is 4.52 Å². The van der Waals surface area contributed by atoms with E-state index in [-0.39, 0.29) is 11.3 Å². The molecular weight excluding hydrogens is 396 g/mol. The zero-order chi connectivity index (χ0) is 20.5. The molecule has 4 heterocycles. The van der Waals surface area contributed by atoms with Crippen LogP contribution in [-0.2, 0) is 4.74 Å². The second-order valence-corrected chi connectivity index (χ2v) is 8.53. The first-order chi connectivity index (χ1) is 14.8. The minimum atomic E-state index is 0.0128. The molecule has 2 atom stereocenters. The van der Waals surface area contributed by atoms with Crippen molar-refractivity contribution in [2.75, 3.05) is 13.2 Å². The van der Waals surface area contributed by atoms with Crippen molar-refractivity contribution in [2.24, 2.45) is 0 Å². The van der Waals surface area contributed by atoms with Gasteiger partial charge in [0.2, 0.25) is 0 Å². The van der Waals surface area contributed by atoms with Crippen molar-refractivity contribution < 1.29 is 4.74 Å². The molecule has 0 bridgehead atoms. The van der Waals surface area contributed by atoms with Gasteiger partial charge in [-0.2, -0.15) is 20.7 Å². The third-order valence-electron chi connectivity index (χ3n) is 5.42. The van der Waals surface area contributed by atoms with E-state index in [9.17, 15) is 10.5 Å². The molecule has 1 fully saturated rings. The van der Waals surface area contributed by atoms with E-state index >= 15 is 0 Å². The Balaban J connectivity index is 1.56. The van der Waals surface area contributed by atoms with Crippen molar-refractivity contribution in [1.82, 2.24) is 19.4 Å². The average molecular weight is 414 g/mol. The smallest absolute Gasteiger partial charge is 0.103 e. The Labute approximate surface area is 177 Å². The molecule has 7 nitrogen and oxygen atoms in total. The van der Waals surface area contributed by atoms with E-state index in [1.54, 1.807) is 22.5 Å². The minimum absolute atomic E-state index is 0.0128. The Kier molecular flexibility index (Phi) is 4.88. The van der Waals surface area contributed by atoms with Crippen LogP contribution >= 0.6 is 11.8 Å². The van der Waals surface area contributed by atoms with Crippen LogP contribution < -0.4 is 0 Å². The third-order valence-corrected chi connectivity index (χ3v) is 6.72. The lowest BCUT2D eigenvalue weighted by atomic mass is 10.1. The van der Waals surface area contributed by atoms with Crippen molar-refractivity contribution in [3.63, 3.8) is 0 Å². The number of nitriles is 2. The molecule has 2 unspecified atom stereocenters. The maximum atomic E-state index is 9.55. The number of allylic oxidation sites excluding steroid dienone is 3. The fourth-order valence-electron chi connectivity index (χ4n) is 3.81. The molecule has 30 heavy (non-hydrogen) atoms. The highest BCUT2D eigenvalue weighted by Crippen LogP contribution is 2.38. The Morgan fingerprint density at radius 3 is 2.87 bits per heavy atom. The monoisotopic (exact) mass is 414 g/mol. The SMILES string of the molecule is N#CC1=CC=CCC1Sc1cc(-c2cnn(C3CCOC3)c2)cn2ncc(C#N)c12. The van der Waals surface area contributed by atoms with Gasteiger partial charge in [0.05, 0.1) is 42.2 Å². The van der Waals surface area contributed by atoms with Gasteiger partial charge in [0.15, 0.2) is 0 Å². The van der Waals surface area contributed by atoms with Gasteiger partial charge >= 0.3 is 0 Å². The van der Waals surface area contributed by atoms with E-state index in [0.29, 0.717) is 12.2 Å². The number of hydrogen-bond acceptors (Lipinski definition) is 6. The second-order valence-electron chi connectivity index (χ2n) is 7.29. The van der Waals surface area contributed by atoms with Crippen molar-refractivity contribution in [3.8, 4) is 23.3 Å². The minimum Gasteiger partial charge on any atom is -0.379 e. The standard InChI is InChI=1S/C22H18N6OS/c23-8-15-3-1-2-4-20(15)30-21-7-16(12-28-22(21)17(9-24)10-26-28)18-11-25-27(13-18)19-5-6-29-14-19/h1-3,7,10-13,19-20H,4-6,14H2. The molecule has 0 amide bonds. The topological polar surface area (TPSA) is 91.9 Å². The molecule has 0 radical (unpaired) electrons. The van der Waals surface area contributed by atoms with Crippen molar-refractivity contribution in [1.29, 1.82) is 10.5 Å². The Morgan fingerprint density at radius 2 is 2.07 bits per heavy atom. The van der Waals surface area contributed by atoms with Gasteiger partial charge in [0, 0.05) is 45.8 Å². The molecule has 1 aliphatic heterocycles. The predicted octanol–water partition coefficient (Wildman–Crippen LogP) is 3.90. The largest absolute Gasteiger partial charge is 0.379 e. The summed E-state index contributed by atoms with van der Waals surface area (Å²) in [6.45, 7) is 1.45. The summed E-state index contributed by atoms with van der Waals surface area (Å²) in [6, 6.07) is 6.87. The molecule has 8 heteroatoms. The Bertz CT molecular complexity index is 1250. The number of pyridine rings is 1. The van der Waals surface area contributed by atoms with E-state index in [1.165, 1.54) is 0 Å². The average Bonchev–Trinajstić information content (AvgIpc) is 3.53. The number of rotatable bonds is 4. The van der Waals surface area contributed by atoms with Crippen LogP contribution in [0.15, 0.2) is 59.6 Å². The fraction of sp³-hybridized carbons (Fsp3) is 0.273. The Hall–Kier alpha value is -3.33. The summed E-state index contributed by atoms with van der Waals surface area (Å²) in [7, 11) is 0. The molecule has 0 spiro atoms. The first-order valence-electron chi connectivity index (χ1n) is 9.74. The van der Waals surface area contributed by atoms with Crippen LogP contribution in [0.2, 0.25) is 0 Å². The summed E-state index contributed by atoms with van der Waals surface area (Å²) in [5.41, 5.74) is 3.99. The van der Waals surface area contributed by atoms with Crippen LogP contribution in [0.4, 0.5) is 0 Å². The maximum absolute atomic E-state index is 9.55. The van der Waals surface area contributed by atoms with Crippen LogP contribution in [0.3, 0.4) is 0 Å². The Morgan fingerprint density at radius 1 is 1.13 bits per heavy atom. The number of hydrogen-bond donors (Lipinski definition) is 0. The van der Waals surface area contributed by atoms with Gasteiger partial charge in [-0.3, -0.25) is 4.68 Å². The number of ether oxygens (including phenoxy) is 1. The highest BCUT2D eigenvalue weighted by Gasteiger charge is 2.22. The van der Waals surface area contributed by atoms with E-state index < -0.39 is 0 Å². The first-order valence-corrected chi connectivity index (χ1v) is 10.6. The molecule has 1 saturated heterocycles. The van der Waals surface area contributed by atoms with Crippen molar-refractivity contribution >= 4 is 17.3 Å². The molecule has 0 N–H and O–H groups in total. The summed E-state index contributed by atoms with van der Waals surface area (Å²) >= 11 is 1.60. The van der Waals surface area contributed by atoms with E-state index in [1.807, 2.05) is 35.4 Å². The molecular formula is C22H18N6OS. The lowest BCUT2D eigenvalue weighted by Gasteiger charge is -2.17. The molecule has 0 aromatic carbocycles. The van der Waals surface area contributed by atoms with Crippen molar-refractivity contribution in [2.45, 2.75) is 29.0 Å². The summed E-state index contributed by atoms with van der Waals surface area (Å²) < 4.78 is 9.19. The van der Waals surface area contributed by atoms with Crippen molar-refractivity contribution in [3.05, 3.63) is 60.2 Å².